The van der Waals surface area contributed by atoms with Crippen LogP contribution in [-0.2, 0) is 38.1 Å². The van der Waals surface area contributed by atoms with Gasteiger partial charge in [0.25, 0.3) is 0 Å². The molecule has 0 aliphatic rings. The molecule has 0 aromatic rings. The van der Waals surface area contributed by atoms with Crippen LogP contribution in [0.2, 0.25) is 0 Å². The third kappa shape index (κ3) is 31.4. The Morgan fingerprint density at radius 1 is 0.705 bits per heavy atom. The Hall–Kier alpha value is -2.05. The molecule has 2 amide bonds. The number of hydrogen-bond donors (Lipinski definition) is 3. The van der Waals surface area contributed by atoms with Crippen LogP contribution in [0.4, 0.5) is 0 Å². The average Bonchev–Trinajstić information content (AvgIpc) is 2.99. The van der Waals surface area contributed by atoms with Crippen molar-refractivity contribution in [1.82, 2.24) is 10.6 Å². The number of aliphatic hydroxyl groups is 1. The van der Waals surface area contributed by atoms with Crippen molar-refractivity contribution < 1.29 is 43.2 Å². The fraction of sp³-hybridized carbons (Fsp3) is 0.848. The number of amides is 2. The van der Waals surface area contributed by atoms with Crippen LogP contribution in [-0.4, -0.2) is 101 Å². The Kier molecular flexibility index (Phi) is 30.8. The summed E-state index contributed by atoms with van der Waals surface area (Å²) < 4.78 is 26.7. The second kappa shape index (κ2) is 32.3. The molecule has 0 radical (unpaired) electrons. The summed E-state index contributed by atoms with van der Waals surface area (Å²) in [6.07, 6.45) is 17.7. The fourth-order valence-electron chi connectivity index (χ4n) is 4.23. The van der Waals surface area contributed by atoms with Gasteiger partial charge in [0.15, 0.2) is 0 Å². The molecule has 11 heteroatoms. The summed E-state index contributed by atoms with van der Waals surface area (Å²) in [7, 11) is 0. The summed E-state index contributed by atoms with van der Waals surface area (Å²) in [5.74, 6) is -0.849. The van der Waals surface area contributed by atoms with E-state index >= 15 is 0 Å². The topological polar surface area (TPSA) is 142 Å². The van der Waals surface area contributed by atoms with Gasteiger partial charge in [-0.05, 0) is 12.8 Å². The van der Waals surface area contributed by atoms with Gasteiger partial charge in [-0.25, -0.2) is 0 Å². The Bertz CT molecular complexity index is 721. The molecule has 0 aromatic heterocycles. The molecule has 0 aromatic carbocycles. The van der Waals surface area contributed by atoms with Gasteiger partial charge in [-0.15, -0.1) is 0 Å². The molecule has 0 rings (SSSR count). The molecular weight excluding hydrogens is 568 g/mol. The van der Waals surface area contributed by atoms with Crippen molar-refractivity contribution in [2.75, 3.05) is 66.0 Å². The van der Waals surface area contributed by atoms with E-state index in [4.69, 9.17) is 23.7 Å². The molecule has 0 heterocycles. The fourth-order valence-corrected chi connectivity index (χ4v) is 4.23. The Morgan fingerprint density at radius 2 is 1.20 bits per heavy atom. The standard InChI is InChI=1S/C33H62N2O9/c1-4-5-6-7-8-9-10-11-12-13-14-15-16-17-32(38)31(28-44-30(3)37)35-33(39)18-20-40-22-24-42-26-27-43-25-23-41-21-19-34-29(2)36/h16-17,31-32,38H,4-15,18-28H2,1-3H3,(H,34,36)(H,35,39)/b17-16+/t31-,32+/m0/s1. The lowest BCUT2D eigenvalue weighted by molar-refractivity contribution is -0.143. The number of carbonyl (C=O) groups excluding carboxylic acids is 3. The zero-order valence-corrected chi connectivity index (χ0v) is 27.8. The second-order valence-electron chi connectivity index (χ2n) is 10.9. The van der Waals surface area contributed by atoms with Gasteiger partial charge >= 0.3 is 5.97 Å². The van der Waals surface area contributed by atoms with E-state index in [1.165, 1.54) is 78.1 Å². The van der Waals surface area contributed by atoms with Gasteiger partial charge in [0.1, 0.15) is 6.61 Å². The molecule has 0 spiro atoms. The zero-order valence-electron chi connectivity index (χ0n) is 27.8. The highest BCUT2D eigenvalue weighted by molar-refractivity contribution is 5.76. The molecule has 258 valence electrons. The average molecular weight is 631 g/mol. The quantitative estimate of drug-likeness (QED) is 0.0565. The minimum atomic E-state index is -0.960. The number of nitrogens with one attached hydrogen (secondary N) is 2. The molecule has 0 saturated heterocycles. The summed E-state index contributed by atoms with van der Waals surface area (Å²) in [4.78, 5) is 34.4. The van der Waals surface area contributed by atoms with E-state index in [1.54, 1.807) is 6.08 Å². The van der Waals surface area contributed by atoms with Crippen LogP contribution >= 0.6 is 0 Å². The van der Waals surface area contributed by atoms with Gasteiger partial charge in [-0.3, -0.25) is 14.4 Å². The summed E-state index contributed by atoms with van der Waals surface area (Å²) in [6.45, 7) is 8.45. The lowest BCUT2D eigenvalue weighted by Crippen LogP contribution is -2.46. The largest absolute Gasteiger partial charge is 0.464 e. The van der Waals surface area contributed by atoms with E-state index in [-0.39, 0.29) is 31.4 Å². The maximum Gasteiger partial charge on any atom is 0.302 e. The summed E-state index contributed by atoms with van der Waals surface area (Å²) >= 11 is 0. The number of allylic oxidation sites excluding steroid dienone is 1. The Morgan fingerprint density at radius 3 is 1.73 bits per heavy atom. The smallest absolute Gasteiger partial charge is 0.302 e. The predicted molar refractivity (Wildman–Crippen MR) is 171 cm³/mol. The molecule has 0 aliphatic heterocycles. The van der Waals surface area contributed by atoms with Crippen molar-refractivity contribution in [3.05, 3.63) is 12.2 Å². The van der Waals surface area contributed by atoms with Gasteiger partial charge < -0.3 is 39.4 Å². The van der Waals surface area contributed by atoms with Gasteiger partial charge in [-0.1, -0.05) is 83.3 Å². The lowest BCUT2D eigenvalue weighted by Gasteiger charge is -2.21. The lowest BCUT2D eigenvalue weighted by atomic mass is 10.0. The number of carbonyl (C=O) groups is 3. The molecular formula is C33H62N2O9. The molecule has 0 fully saturated rings. The minimum Gasteiger partial charge on any atom is -0.464 e. The van der Waals surface area contributed by atoms with Crippen LogP contribution in [0.5, 0.6) is 0 Å². The summed E-state index contributed by atoms with van der Waals surface area (Å²) in [5.41, 5.74) is 0. The summed E-state index contributed by atoms with van der Waals surface area (Å²) in [5, 5.41) is 16.0. The van der Waals surface area contributed by atoms with Gasteiger partial charge in [0.05, 0.1) is 65.0 Å². The zero-order chi connectivity index (χ0) is 32.5. The first kappa shape index (κ1) is 42.0. The molecule has 44 heavy (non-hydrogen) atoms. The highest BCUT2D eigenvalue weighted by Crippen LogP contribution is 2.12. The molecule has 3 N–H and O–H groups in total. The maximum absolute atomic E-state index is 12.4. The van der Waals surface area contributed by atoms with E-state index < -0.39 is 18.1 Å². The van der Waals surface area contributed by atoms with Crippen LogP contribution in [0.15, 0.2) is 12.2 Å². The van der Waals surface area contributed by atoms with E-state index in [0.717, 1.165) is 12.8 Å². The predicted octanol–water partition coefficient (Wildman–Crippen LogP) is 4.25. The maximum atomic E-state index is 12.4. The Balaban J connectivity index is 3.91. The van der Waals surface area contributed by atoms with Gasteiger partial charge in [0, 0.05) is 26.8 Å². The molecule has 0 aliphatic carbocycles. The number of unbranched alkanes of at least 4 members (excludes halogenated alkanes) is 11. The van der Waals surface area contributed by atoms with Crippen molar-refractivity contribution in [2.45, 2.75) is 116 Å². The molecule has 11 nitrogen and oxygen atoms in total. The first-order valence-corrected chi connectivity index (χ1v) is 16.7. The van der Waals surface area contributed by atoms with E-state index in [1.807, 2.05) is 6.08 Å². The van der Waals surface area contributed by atoms with Crippen molar-refractivity contribution in [3.63, 3.8) is 0 Å². The monoisotopic (exact) mass is 630 g/mol. The minimum absolute atomic E-state index is 0.0813. The van der Waals surface area contributed by atoms with Crippen molar-refractivity contribution in [1.29, 1.82) is 0 Å². The number of rotatable bonds is 32. The van der Waals surface area contributed by atoms with Crippen molar-refractivity contribution in [3.8, 4) is 0 Å². The Labute approximate surface area is 266 Å². The van der Waals surface area contributed by atoms with Crippen molar-refractivity contribution in [2.24, 2.45) is 0 Å². The second-order valence-corrected chi connectivity index (χ2v) is 10.9. The molecule has 0 saturated carbocycles. The number of aliphatic hydroxyl groups excluding tert-OH is 1. The highest BCUT2D eigenvalue weighted by Gasteiger charge is 2.20. The summed E-state index contributed by atoms with van der Waals surface area (Å²) in [6, 6.07) is -0.731. The highest BCUT2D eigenvalue weighted by atomic mass is 16.6. The van der Waals surface area contributed by atoms with Crippen molar-refractivity contribution >= 4 is 17.8 Å². The van der Waals surface area contributed by atoms with Gasteiger partial charge in [0.2, 0.25) is 11.8 Å². The normalized spacial score (nSPS) is 12.7. The first-order chi connectivity index (χ1) is 21.4. The number of hydrogen-bond acceptors (Lipinski definition) is 9. The van der Waals surface area contributed by atoms with Crippen LogP contribution in [0.1, 0.15) is 104 Å². The molecule has 0 bridgehead atoms. The van der Waals surface area contributed by atoms with Crippen LogP contribution in [0, 0.1) is 0 Å². The SMILES string of the molecule is CCCCCCCCCCCCC/C=C/[C@@H](O)[C@H](COC(C)=O)NC(=O)CCOCCOCCOCCOCCNC(C)=O. The number of ether oxygens (including phenoxy) is 5. The van der Waals surface area contributed by atoms with E-state index in [9.17, 15) is 19.5 Å². The first-order valence-electron chi connectivity index (χ1n) is 16.7. The van der Waals surface area contributed by atoms with E-state index in [2.05, 4.69) is 17.6 Å². The number of esters is 1. The van der Waals surface area contributed by atoms with E-state index in [0.29, 0.717) is 52.8 Å². The molecule has 2 atom stereocenters. The van der Waals surface area contributed by atoms with Crippen LogP contribution in [0.25, 0.3) is 0 Å². The van der Waals surface area contributed by atoms with Crippen LogP contribution in [0.3, 0.4) is 0 Å². The third-order valence-electron chi connectivity index (χ3n) is 6.74. The molecule has 0 unspecified atom stereocenters. The third-order valence-corrected chi connectivity index (χ3v) is 6.74. The van der Waals surface area contributed by atoms with Crippen LogP contribution < -0.4 is 10.6 Å². The van der Waals surface area contributed by atoms with Gasteiger partial charge in [-0.2, -0.15) is 0 Å².